The minimum atomic E-state index is -0.138. The van der Waals surface area contributed by atoms with Crippen molar-refractivity contribution in [3.05, 3.63) is 77.5 Å². The molecule has 0 N–H and O–H groups in total. The lowest BCUT2D eigenvalue weighted by atomic mass is 10.1. The monoisotopic (exact) mass is 447 g/mol. The second kappa shape index (κ2) is 10.2. The Balaban J connectivity index is 1.33. The van der Waals surface area contributed by atoms with Gasteiger partial charge >= 0.3 is 0 Å². The molecule has 1 aliphatic rings. The first-order chi connectivity index (χ1) is 15.7. The third-order valence-electron chi connectivity index (χ3n) is 5.37. The van der Waals surface area contributed by atoms with E-state index in [1.807, 2.05) is 53.9 Å². The Bertz CT molecular complexity index is 1050. The van der Waals surface area contributed by atoms with Gasteiger partial charge in [0.15, 0.2) is 5.82 Å². The molecule has 0 saturated carbocycles. The fraction of sp³-hybridized carbons (Fsp3) is 0.250. The van der Waals surface area contributed by atoms with Crippen molar-refractivity contribution in [2.75, 3.05) is 44.2 Å². The lowest BCUT2D eigenvalue weighted by Crippen LogP contribution is -2.52. The summed E-state index contributed by atoms with van der Waals surface area (Å²) in [4.78, 5) is 31.6. The van der Waals surface area contributed by atoms with Crippen molar-refractivity contribution >= 4 is 29.0 Å². The zero-order valence-corrected chi connectivity index (χ0v) is 18.6. The van der Waals surface area contributed by atoms with Gasteiger partial charge in [0.05, 0.1) is 10.6 Å². The lowest BCUT2D eigenvalue weighted by molar-refractivity contribution is -0.132. The van der Waals surface area contributed by atoms with Gasteiger partial charge in [0.25, 0.3) is 5.91 Å². The number of nitrogens with zero attached hydrogens (tertiary/aromatic N) is 5. The van der Waals surface area contributed by atoms with Gasteiger partial charge in [-0.3, -0.25) is 9.59 Å². The molecule has 8 heteroatoms. The molecule has 1 aromatic carbocycles. The van der Waals surface area contributed by atoms with E-state index in [0.29, 0.717) is 37.6 Å². The van der Waals surface area contributed by atoms with Gasteiger partial charge < -0.3 is 14.7 Å². The molecule has 0 spiro atoms. The topological polar surface area (TPSA) is 69.6 Å². The van der Waals surface area contributed by atoms with E-state index in [0.717, 1.165) is 17.1 Å². The van der Waals surface area contributed by atoms with Crippen LogP contribution in [0.5, 0.6) is 0 Å². The molecule has 2 amide bonds. The van der Waals surface area contributed by atoms with Crippen LogP contribution < -0.4 is 4.90 Å². The van der Waals surface area contributed by atoms with E-state index in [4.69, 9.17) is 0 Å². The first-order valence-corrected chi connectivity index (χ1v) is 11.4. The van der Waals surface area contributed by atoms with Crippen molar-refractivity contribution in [2.45, 2.75) is 0 Å². The number of thiophene rings is 1. The van der Waals surface area contributed by atoms with E-state index in [-0.39, 0.29) is 18.4 Å². The molecule has 0 aliphatic carbocycles. The van der Waals surface area contributed by atoms with Crippen LogP contribution in [-0.2, 0) is 4.79 Å². The Labute approximate surface area is 191 Å². The Kier molecular flexibility index (Phi) is 6.91. The molecule has 164 valence electrons. The lowest BCUT2D eigenvalue weighted by Gasteiger charge is -2.36. The average molecular weight is 448 g/mol. The van der Waals surface area contributed by atoms with E-state index >= 15 is 0 Å². The van der Waals surface area contributed by atoms with E-state index < -0.39 is 0 Å². The maximum Gasteiger partial charge on any atom is 0.264 e. The summed E-state index contributed by atoms with van der Waals surface area (Å²) in [5, 5.41) is 10.6. The molecule has 4 rings (SSSR count). The summed E-state index contributed by atoms with van der Waals surface area (Å²) in [6.07, 6.45) is 1.65. The number of rotatable bonds is 7. The normalized spacial score (nSPS) is 13.6. The molecule has 0 atom stereocenters. The Morgan fingerprint density at radius 2 is 1.78 bits per heavy atom. The van der Waals surface area contributed by atoms with Gasteiger partial charge in [0, 0.05) is 38.3 Å². The molecule has 0 bridgehead atoms. The molecule has 1 saturated heterocycles. The van der Waals surface area contributed by atoms with Crippen molar-refractivity contribution in [1.29, 1.82) is 0 Å². The smallest absolute Gasteiger partial charge is 0.264 e. The number of carbonyl (C=O) groups is 2. The highest BCUT2D eigenvalue weighted by Crippen LogP contribution is 2.19. The molecule has 3 aromatic rings. The van der Waals surface area contributed by atoms with Crippen LogP contribution in [-0.4, -0.2) is 71.1 Å². The fourth-order valence-corrected chi connectivity index (χ4v) is 4.33. The molecular weight excluding hydrogens is 422 g/mol. The zero-order chi connectivity index (χ0) is 22.3. The maximum atomic E-state index is 12.9. The highest BCUT2D eigenvalue weighted by molar-refractivity contribution is 7.12. The summed E-state index contributed by atoms with van der Waals surface area (Å²) in [7, 11) is 0. The zero-order valence-electron chi connectivity index (χ0n) is 17.8. The Morgan fingerprint density at radius 1 is 1.00 bits per heavy atom. The van der Waals surface area contributed by atoms with Crippen LogP contribution in [0.25, 0.3) is 11.3 Å². The Hall–Kier alpha value is -3.52. The second-order valence-corrected chi connectivity index (χ2v) is 8.41. The first kappa shape index (κ1) is 21.7. The number of hydrogen-bond acceptors (Lipinski definition) is 6. The summed E-state index contributed by atoms with van der Waals surface area (Å²) in [5.74, 6) is 0.612. The Morgan fingerprint density at radius 3 is 2.41 bits per heavy atom. The van der Waals surface area contributed by atoms with Crippen LogP contribution in [0.1, 0.15) is 9.67 Å². The third-order valence-corrected chi connectivity index (χ3v) is 6.23. The third kappa shape index (κ3) is 5.03. The van der Waals surface area contributed by atoms with Crippen molar-refractivity contribution < 1.29 is 9.59 Å². The van der Waals surface area contributed by atoms with E-state index in [1.165, 1.54) is 11.3 Å². The summed E-state index contributed by atoms with van der Waals surface area (Å²) in [5.41, 5.74) is 1.86. The largest absolute Gasteiger partial charge is 0.352 e. The van der Waals surface area contributed by atoms with Crippen molar-refractivity contribution in [3.8, 4) is 11.3 Å². The van der Waals surface area contributed by atoms with Crippen LogP contribution in [0.3, 0.4) is 0 Å². The predicted molar refractivity (Wildman–Crippen MR) is 127 cm³/mol. The molecule has 0 unspecified atom stereocenters. The molecule has 3 heterocycles. The number of aromatic nitrogens is 2. The molecule has 1 aliphatic heterocycles. The van der Waals surface area contributed by atoms with Gasteiger partial charge in [-0.2, -0.15) is 0 Å². The predicted octanol–water partition coefficient (Wildman–Crippen LogP) is 3.18. The molecule has 7 nitrogen and oxygen atoms in total. The molecule has 32 heavy (non-hydrogen) atoms. The summed E-state index contributed by atoms with van der Waals surface area (Å²) in [6.45, 7) is 6.61. The van der Waals surface area contributed by atoms with Crippen molar-refractivity contribution in [2.24, 2.45) is 0 Å². The van der Waals surface area contributed by atoms with Crippen molar-refractivity contribution in [1.82, 2.24) is 20.0 Å². The fourth-order valence-electron chi connectivity index (χ4n) is 3.64. The SMILES string of the molecule is C=CCN(CC(=O)N1CCN(c2ccc(-c3ccccc3)nn2)CC1)C(=O)c1cccs1. The number of carbonyl (C=O) groups excluding carboxylic acids is 2. The van der Waals surface area contributed by atoms with E-state index in [2.05, 4.69) is 21.7 Å². The van der Waals surface area contributed by atoms with E-state index in [9.17, 15) is 9.59 Å². The van der Waals surface area contributed by atoms with Gasteiger partial charge in [0.2, 0.25) is 5.91 Å². The van der Waals surface area contributed by atoms with Gasteiger partial charge in [-0.15, -0.1) is 28.1 Å². The molecule has 1 fully saturated rings. The van der Waals surface area contributed by atoms with Crippen LogP contribution in [0.15, 0.2) is 72.6 Å². The van der Waals surface area contributed by atoms with Crippen LogP contribution in [0.2, 0.25) is 0 Å². The number of anilines is 1. The molecular formula is C24H25N5O2S. The van der Waals surface area contributed by atoms with Crippen LogP contribution >= 0.6 is 11.3 Å². The van der Waals surface area contributed by atoms with E-state index in [1.54, 1.807) is 21.9 Å². The quantitative estimate of drug-likeness (QED) is 0.521. The minimum Gasteiger partial charge on any atom is -0.352 e. The average Bonchev–Trinajstić information content (AvgIpc) is 3.39. The summed E-state index contributed by atoms with van der Waals surface area (Å²) >= 11 is 1.38. The van der Waals surface area contributed by atoms with Gasteiger partial charge in [0.1, 0.15) is 6.54 Å². The first-order valence-electron chi connectivity index (χ1n) is 10.5. The van der Waals surface area contributed by atoms with Gasteiger partial charge in [-0.25, -0.2) is 0 Å². The number of hydrogen-bond donors (Lipinski definition) is 0. The summed E-state index contributed by atoms with van der Waals surface area (Å²) < 4.78 is 0. The second-order valence-electron chi connectivity index (χ2n) is 7.46. The maximum absolute atomic E-state index is 12.9. The van der Waals surface area contributed by atoms with Crippen LogP contribution in [0, 0.1) is 0 Å². The number of benzene rings is 1. The standard InChI is InChI=1S/C24H25N5O2S/c1-2-12-29(24(31)21-9-6-17-32-21)18-23(30)28-15-13-27(14-16-28)22-11-10-20(25-26-22)19-7-4-3-5-8-19/h2-11,17H,1,12-16,18H2. The van der Waals surface area contributed by atoms with Crippen molar-refractivity contribution in [3.63, 3.8) is 0 Å². The molecule has 0 radical (unpaired) electrons. The number of amides is 2. The molecule has 2 aromatic heterocycles. The highest BCUT2D eigenvalue weighted by Gasteiger charge is 2.25. The highest BCUT2D eigenvalue weighted by atomic mass is 32.1. The summed E-state index contributed by atoms with van der Waals surface area (Å²) in [6, 6.07) is 17.5. The van der Waals surface area contributed by atoms with Crippen LogP contribution in [0.4, 0.5) is 5.82 Å². The van der Waals surface area contributed by atoms with Gasteiger partial charge in [-0.05, 0) is 23.6 Å². The minimum absolute atomic E-state index is 0.0499. The number of piperazine rings is 1. The van der Waals surface area contributed by atoms with Gasteiger partial charge in [-0.1, -0.05) is 42.5 Å².